The molecule has 4 rings (SSSR count). The van der Waals surface area contributed by atoms with Crippen LogP contribution in [0.5, 0.6) is 5.75 Å². The molecular formula is C20H15ClF2N6O3. The highest BCUT2D eigenvalue weighted by Crippen LogP contribution is 2.27. The maximum atomic E-state index is 13.4. The van der Waals surface area contributed by atoms with E-state index in [1.54, 1.807) is 12.1 Å². The second-order valence-corrected chi connectivity index (χ2v) is 7.18. The summed E-state index contributed by atoms with van der Waals surface area (Å²) in [7, 11) is 1.47. The van der Waals surface area contributed by atoms with Gasteiger partial charge in [-0.1, -0.05) is 16.8 Å². The lowest BCUT2D eigenvalue weighted by Gasteiger charge is -2.09. The highest BCUT2D eigenvalue weighted by molar-refractivity contribution is 6.32. The van der Waals surface area contributed by atoms with Crippen molar-refractivity contribution in [3.05, 3.63) is 75.3 Å². The Bertz CT molecular complexity index is 1370. The molecule has 0 aliphatic rings. The normalized spacial score (nSPS) is 11.0. The topological polar surface area (TPSA) is 104 Å². The molecular weight excluding hydrogens is 446 g/mol. The summed E-state index contributed by atoms with van der Waals surface area (Å²) < 4.78 is 34.2. The number of benzene rings is 2. The number of aromatic nitrogens is 5. The molecule has 0 bridgehead atoms. The van der Waals surface area contributed by atoms with Crippen molar-refractivity contribution in [1.29, 1.82) is 0 Å². The smallest absolute Gasteiger partial charge is 0.283 e. The molecule has 0 spiro atoms. The van der Waals surface area contributed by atoms with Gasteiger partial charge in [0, 0.05) is 11.8 Å². The molecule has 2 aromatic heterocycles. The third-order valence-electron chi connectivity index (χ3n) is 4.50. The number of anilines is 1. The van der Waals surface area contributed by atoms with Crippen LogP contribution in [0.3, 0.4) is 0 Å². The molecule has 1 amide bonds. The van der Waals surface area contributed by atoms with Crippen LogP contribution in [-0.4, -0.2) is 37.6 Å². The van der Waals surface area contributed by atoms with Crippen LogP contribution >= 0.6 is 11.6 Å². The molecule has 1 N–H and O–H groups in total. The Labute approximate surface area is 184 Å². The highest BCUT2D eigenvalue weighted by Gasteiger charge is 2.15. The SMILES string of the molecule is COc1ccc(NC(=O)Cn2cnc3c(nnn3Cc3cc(F)cc(F)c3)c2=O)cc1Cl. The van der Waals surface area contributed by atoms with E-state index < -0.39 is 23.1 Å². The molecule has 0 saturated carbocycles. The molecule has 0 atom stereocenters. The first kappa shape index (κ1) is 21.4. The van der Waals surface area contributed by atoms with Crippen LogP contribution in [0.25, 0.3) is 11.2 Å². The van der Waals surface area contributed by atoms with Gasteiger partial charge in [-0.05, 0) is 35.9 Å². The summed E-state index contributed by atoms with van der Waals surface area (Å²) in [4.78, 5) is 29.2. The third kappa shape index (κ3) is 4.42. The summed E-state index contributed by atoms with van der Waals surface area (Å²) >= 11 is 6.04. The summed E-state index contributed by atoms with van der Waals surface area (Å²) in [6, 6.07) is 7.77. The minimum Gasteiger partial charge on any atom is -0.495 e. The van der Waals surface area contributed by atoms with Crippen molar-refractivity contribution in [2.75, 3.05) is 12.4 Å². The number of methoxy groups -OCH3 is 1. The summed E-state index contributed by atoms with van der Waals surface area (Å²) in [6.45, 7) is -0.367. The van der Waals surface area contributed by atoms with Gasteiger partial charge in [0.1, 0.15) is 30.3 Å². The average Bonchev–Trinajstić information content (AvgIpc) is 3.13. The number of carbonyl (C=O) groups is 1. The number of carbonyl (C=O) groups excluding carboxylic acids is 1. The van der Waals surface area contributed by atoms with E-state index in [9.17, 15) is 18.4 Å². The lowest BCUT2D eigenvalue weighted by Crippen LogP contribution is -2.28. The van der Waals surface area contributed by atoms with Gasteiger partial charge < -0.3 is 10.1 Å². The van der Waals surface area contributed by atoms with E-state index in [1.165, 1.54) is 24.2 Å². The number of ether oxygens (including phenoxy) is 1. The highest BCUT2D eigenvalue weighted by atomic mass is 35.5. The van der Waals surface area contributed by atoms with Gasteiger partial charge in [0.25, 0.3) is 5.56 Å². The zero-order chi connectivity index (χ0) is 22.8. The molecule has 0 aliphatic carbocycles. The maximum absolute atomic E-state index is 13.4. The molecule has 0 radical (unpaired) electrons. The monoisotopic (exact) mass is 460 g/mol. The fraction of sp³-hybridized carbons (Fsp3) is 0.150. The standard InChI is InChI=1S/C20H15ClF2N6O3/c1-32-16-3-2-14(7-15(16)21)25-17(30)9-28-10-24-19-18(20(28)31)26-27-29(19)8-11-4-12(22)6-13(23)5-11/h2-7,10H,8-9H2,1H3,(H,25,30). The number of hydrogen-bond donors (Lipinski definition) is 1. The average molecular weight is 461 g/mol. The van der Waals surface area contributed by atoms with Crippen molar-refractivity contribution in [3.63, 3.8) is 0 Å². The van der Waals surface area contributed by atoms with Gasteiger partial charge in [0.2, 0.25) is 5.91 Å². The van der Waals surface area contributed by atoms with Crippen molar-refractivity contribution in [2.45, 2.75) is 13.1 Å². The molecule has 4 aromatic rings. The van der Waals surface area contributed by atoms with Gasteiger partial charge in [-0.3, -0.25) is 14.2 Å². The zero-order valence-corrected chi connectivity index (χ0v) is 17.3. The molecule has 0 aliphatic heterocycles. The Hall–Kier alpha value is -3.86. The van der Waals surface area contributed by atoms with Crippen LogP contribution in [0, 0.1) is 11.6 Å². The van der Waals surface area contributed by atoms with E-state index in [4.69, 9.17) is 16.3 Å². The number of nitrogens with zero attached hydrogens (tertiary/aromatic N) is 5. The van der Waals surface area contributed by atoms with Gasteiger partial charge in [-0.25, -0.2) is 18.4 Å². The number of fused-ring (bicyclic) bond motifs is 1. The number of nitrogens with one attached hydrogen (secondary N) is 1. The van der Waals surface area contributed by atoms with Gasteiger partial charge in [-0.15, -0.1) is 5.10 Å². The van der Waals surface area contributed by atoms with Gasteiger partial charge in [0.15, 0.2) is 11.2 Å². The fourth-order valence-corrected chi connectivity index (χ4v) is 3.34. The predicted octanol–water partition coefficient (Wildman–Crippen LogP) is 2.62. The second-order valence-electron chi connectivity index (χ2n) is 6.77. The van der Waals surface area contributed by atoms with E-state index in [2.05, 4.69) is 20.6 Å². The minimum atomic E-state index is -0.733. The number of halogens is 3. The molecule has 2 aromatic carbocycles. The van der Waals surface area contributed by atoms with Gasteiger partial charge >= 0.3 is 0 Å². The number of amides is 1. The number of rotatable bonds is 6. The van der Waals surface area contributed by atoms with Gasteiger partial charge in [-0.2, -0.15) is 0 Å². The zero-order valence-electron chi connectivity index (χ0n) is 16.6. The second kappa shape index (κ2) is 8.71. The molecule has 0 unspecified atom stereocenters. The quantitative estimate of drug-likeness (QED) is 0.474. The first-order valence-corrected chi connectivity index (χ1v) is 9.59. The summed E-state index contributed by atoms with van der Waals surface area (Å²) in [5.74, 6) is -1.50. The van der Waals surface area contributed by atoms with Crippen molar-refractivity contribution in [1.82, 2.24) is 24.5 Å². The summed E-state index contributed by atoms with van der Waals surface area (Å²) in [6.07, 6.45) is 1.18. The Morgan fingerprint density at radius 2 is 1.94 bits per heavy atom. The lowest BCUT2D eigenvalue weighted by atomic mass is 10.2. The summed E-state index contributed by atoms with van der Waals surface area (Å²) in [5, 5.41) is 10.6. The van der Waals surface area contributed by atoms with Crippen LogP contribution in [0.4, 0.5) is 14.5 Å². The van der Waals surface area contributed by atoms with E-state index in [-0.39, 0.29) is 29.8 Å². The van der Waals surface area contributed by atoms with Crippen molar-refractivity contribution < 1.29 is 18.3 Å². The van der Waals surface area contributed by atoms with Crippen LogP contribution in [0.2, 0.25) is 5.02 Å². The fourth-order valence-electron chi connectivity index (χ4n) is 3.08. The molecule has 0 saturated heterocycles. The Morgan fingerprint density at radius 3 is 2.62 bits per heavy atom. The third-order valence-corrected chi connectivity index (χ3v) is 4.79. The molecule has 9 nitrogen and oxygen atoms in total. The Kier molecular flexibility index (Phi) is 5.82. The predicted molar refractivity (Wildman–Crippen MR) is 112 cm³/mol. The lowest BCUT2D eigenvalue weighted by molar-refractivity contribution is -0.116. The molecule has 0 fully saturated rings. The molecule has 32 heavy (non-hydrogen) atoms. The molecule has 2 heterocycles. The molecule has 12 heteroatoms. The Balaban J connectivity index is 1.53. The van der Waals surface area contributed by atoms with E-state index in [0.29, 0.717) is 16.5 Å². The first-order valence-electron chi connectivity index (χ1n) is 9.21. The van der Waals surface area contributed by atoms with Crippen molar-refractivity contribution in [2.24, 2.45) is 0 Å². The maximum Gasteiger partial charge on any atom is 0.283 e. The van der Waals surface area contributed by atoms with E-state index in [0.717, 1.165) is 22.8 Å². The minimum absolute atomic E-state index is 0.0413. The van der Waals surface area contributed by atoms with Crippen LogP contribution in [0.15, 0.2) is 47.5 Å². The summed E-state index contributed by atoms with van der Waals surface area (Å²) in [5.41, 5.74) is 0.173. The van der Waals surface area contributed by atoms with Gasteiger partial charge in [0.05, 0.1) is 18.7 Å². The van der Waals surface area contributed by atoms with Crippen molar-refractivity contribution in [3.8, 4) is 5.75 Å². The molecule has 164 valence electrons. The van der Waals surface area contributed by atoms with Crippen molar-refractivity contribution >= 4 is 34.4 Å². The van der Waals surface area contributed by atoms with Crippen LogP contribution in [0.1, 0.15) is 5.56 Å². The Morgan fingerprint density at radius 1 is 1.19 bits per heavy atom. The van der Waals surface area contributed by atoms with Crippen LogP contribution < -0.4 is 15.6 Å². The number of hydrogen-bond acceptors (Lipinski definition) is 6. The van der Waals surface area contributed by atoms with E-state index in [1.807, 2.05) is 0 Å². The first-order chi connectivity index (χ1) is 15.3. The van der Waals surface area contributed by atoms with Crippen LogP contribution in [-0.2, 0) is 17.9 Å². The van der Waals surface area contributed by atoms with E-state index >= 15 is 0 Å². The largest absolute Gasteiger partial charge is 0.495 e.